The molecule has 4 N–H and O–H groups in total. The van der Waals surface area contributed by atoms with E-state index in [2.05, 4.69) is 20.4 Å². The minimum atomic E-state index is -0.335. The van der Waals surface area contributed by atoms with E-state index in [1.165, 1.54) is 5.32 Å². The average Bonchev–Trinajstić information content (AvgIpc) is 3.45. The third-order valence-corrected chi connectivity index (χ3v) is 4.54. The van der Waals surface area contributed by atoms with Crippen molar-refractivity contribution in [3.63, 3.8) is 0 Å². The van der Waals surface area contributed by atoms with Gasteiger partial charge in [-0.15, -0.1) is 0 Å². The summed E-state index contributed by atoms with van der Waals surface area (Å²) in [4.78, 5) is 20.8. The van der Waals surface area contributed by atoms with Crippen molar-refractivity contribution in [2.75, 3.05) is 0 Å². The number of aromatic nitrogens is 4. The molecule has 3 aromatic heterocycles. The Morgan fingerprint density at radius 3 is 2.86 bits per heavy atom. The Hall–Kier alpha value is -3.59. The van der Waals surface area contributed by atoms with E-state index in [1.807, 2.05) is 26.2 Å². The maximum atomic E-state index is 12.0. The maximum absolute atomic E-state index is 12.0. The molecular formula is C20H22N7O2+. The summed E-state index contributed by atoms with van der Waals surface area (Å²) in [5, 5.41) is 15.9. The zero-order chi connectivity index (χ0) is 20.4. The maximum Gasteiger partial charge on any atom is 0.424 e. The molecule has 2 amide bonds. The molecule has 0 aromatic carbocycles. The molecule has 0 aliphatic heterocycles. The predicted octanol–water partition coefficient (Wildman–Crippen LogP) is 2.27. The van der Waals surface area contributed by atoms with Crippen LogP contribution in [0.15, 0.2) is 42.9 Å². The Bertz CT molecular complexity index is 1070. The Kier molecular flexibility index (Phi) is 5.05. The van der Waals surface area contributed by atoms with E-state index in [9.17, 15) is 4.79 Å². The number of ether oxygens (including phenoxy) is 1. The zero-order valence-electron chi connectivity index (χ0n) is 16.2. The van der Waals surface area contributed by atoms with E-state index in [1.54, 1.807) is 35.3 Å². The molecule has 3 aromatic rings. The number of amidine groups is 1. The molecule has 1 fully saturated rings. The number of nitrogens with two attached hydrogens (primary N) is 1. The molecule has 0 saturated heterocycles. The van der Waals surface area contributed by atoms with Crippen LogP contribution < -0.4 is 15.4 Å². The van der Waals surface area contributed by atoms with Gasteiger partial charge in [-0.2, -0.15) is 10.1 Å². The Morgan fingerprint density at radius 1 is 1.34 bits per heavy atom. The number of hydrogen-bond acceptors (Lipinski definition) is 6. The second-order valence-electron chi connectivity index (χ2n) is 7.02. The standard InChI is InChI=1S/C20H21N7O2/c1-12-17(5-6-18(24-12)25-20(28)26-19(21)13-3-4-13)29-15-7-8-22-16(9-15)14-10-23-27(2)11-14/h5-11,13H,3-4H2,1-2H3,(H3,21,24,25,26,28)/p+1. The van der Waals surface area contributed by atoms with Gasteiger partial charge in [0.25, 0.3) is 0 Å². The van der Waals surface area contributed by atoms with Crippen molar-refractivity contribution < 1.29 is 14.8 Å². The van der Waals surface area contributed by atoms with Crippen molar-refractivity contribution in [1.29, 1.82) is 5.41 Å². The van der Waals surface area contributed by atoms with Crippen molar-refractivity contribution >= 4 is 17.7 Å². The minimum Gasteiger partial charge on any atom is -0.455 e. The van der Waals surface area contributed by atoms with Crippen LogP contribution in [0.4, 0.5) is 10.6 Å². The van der Waals surface area contributed by atoms with Gasteiger partial charge >= 0.3 is 6.03 Å². The SMILES string of the molecule is Cc1nc([NH2+]C(=O)NC(=N)C2CC2)ccc1Oc1ccnc(-c2cnn(C)c2)c1. The summed E-state index contributed by atoms with van der Waals surface area (Å²) in [6.07, 6.45) is 7.26. The number of pyridine rings is 2. The van der Waals surface area contributed by atoms with E-state index < -0.39 is 0 Å². The smallest absolute Gasteiger partial charge is 0.424 e. The molecule has 0 radical (unpaired) electrons. The predicted molar refractivity (Wildman–Crippen MR) is 106 cm³/mol. The van der Waals surface area contributed by atoms with Gasteiger partial charge in [0.2, 0.25) is 5.82 Å². The summed E-state index contributed by atoms with van der Waals surface area (Å²) in [6, 6.07) is 6.77. The zero-order valence-corrected chi connectivity index (χ0v) is 16.2. The summed E-state index contributed by atoms with van der Waals surface area (Å²) < 4.78 is 7.68. The number of carbonyl (C=O) groups excluding carboxylic acids is 1. The Balaban J connectivity index is 1.43. The van der Waals surface area contributed by atoms with E-state index >= 15 is 0 Å². The highest BCUT2D eigenvalue weighted by molar-refractivity contribution is 5.95. The lowest BCUT2D eigenvalue weighted by atomic mass is 10.2. The van der Waals surface area contributed by atoms with Gasteiger partial charge in [-0.3, -0.25) is 20.4 Å². The summed E-state index contributed by atoms with van der Waals surface area (Å²) in [6.45, 7) is 1.82. The van der Waals surface area contributed by atoms with Crippen LogP contribution in [0, 0.1) is 18.3 Å². The number of hydrogen-bond donors (Lipinski definition) is 3. The van der Waals surface area contributed by atoms with Crippen LogP contribution in [0.2, 0.25) is 0 Å². The summed E-state index contributed by atoms with van der Waals surface area (Å²) in [5.74, 6) is 2.23. The van der Waals surface area contributed by atoms with Crippen molar-refractivity contribution in [3.05, 3.63) is 48.5 Å². The first-order valence-corrected chi connectivity index (χ1v) is 9.32. The first kappa shape index (κ1) is 18.8. The highest BCUT2D eigenvalue weighted by Crippen LogP contribution is 2.29. The van der Waals surface area contributed by atoms with Gasteiger partial charge in [0.05, 0.1) is 17.6 Å². The van der Waals surface area contributed by atoms with Crippen LogP contribution >= 0.6 is 0 Å². The van der Waals surface area contributed by atoms with Gasteiger partial charge in [-0.05, 0) is 31.9 Å². The largest absolute Gasteiger partial charge is 0.455 e. The number of quaternary nitrogens is 1. The highest BCUT2D eigenvalue weighted by atomic mass is 16.5. The molecule has 1 aliphatic carbocycles. The second kappa shape index (κ2) is 7.80. The van der Waals surface area contributed by atoms with Gasteiger partial charge in [-0.1, -0.05) is 0 Å². The lowest BCUT2D eigenvalue weighted by Crippen LogP contribution is -2.86. The molecule has 29 heavy (non-hydrogen) atoms. The van der Waals surface area contributed by atoms with E-state index in [0.29, 0.717) is 23.0 Å². The molecule has 0 spiro atoms. The van der Waals surface area contributed by atoms with Crippen LogP contribution in [0.5, 0.6) is 11.5 Å². The fraction of sp³-hybridized carbons (Fsp3) is 0.250. The minimum absolute atomic E-state index is 0.203. The number of amides is 2. The second-order valence-corrected chi connectivity index (χ2v) is 7.02. The molecule has 9 nitrogen and oxygen atoms in total. The summed E-state index contributed by atoms with van der Waals surface area (Å²) >= 11 is 0. The van der Waals surface area contributed by atoms with Crippen LogP contribution in [0.3, 0.4) is 0 Å². The number of nitrogens with one attached hydrogen (secondary N) is 2. The van der Waals surface area contributed by atoms with Gasteiger partial charge in [0.1, 0.15) is 17.3 Å². The Labute approximate surface area is 167 Å². The molecule has 9 heteroatoms. The normalized spacial score (nSPS) is 13.2. The summed E-state index contributed by atoms with van der Waals surface area (Å²) in [7, 11) is 1.85. The van der Waals surface area contributed by atoms with Crippen molar-refractivity contribution in [2.45, 2.75) is 19.8 Å². The lowest BCUT2D eigenvalue weighted by Gasteiger charge is -2.09. The van der Waals surface area contributed by atoms with E-state index in [4.69, 9.17) is 10.1 Å². The number of rotatable bonds is 5. The number of nitrogens with zero attached hydrogens (tertiary/aromatic N) is 4. The third-order valence-electron chi connectivity index (χ3n) is 4.54. The first-order valence-electron chi connectivity index (χ1n) is 9.32. The molecular weight excluding hydrogens is 370 g/mol. The van der Waals surface area contributed by atoms with Crippen LogP contribution in [0.1, 0.15) is 18.5 Å². The van der Waals surface area contributed by atoms with Gasteiger partial charge in [0.15, 0.2) is 0 Å². The molecule has 1 saturated carbocycles. The number of primary amides is 1. The molecule has 0 atom stereocenters. The highest BCUT2D eigenvalue weighted by Gasteiger charge is 2.28. The molecule has 0 bridgehead atoms. The number of carbonyl (C=O) groups is 1. The van der Waals surface area contributed by atoms with E-state index in [0.717, 1.165) is 24.1 Å². The summed E-state index contributed by atoms with van der Waals surface area (Å²) in [5.41, 5.74) is 2.32. The molecule has 148 valence electrons. The average molecular weight is 392 g/mol. The molecule has 3 heterocycles. The van der Waals surface area contributed by atoms with Crippen molar-refractivity contribution in [2.24, 2.45) is 13.0 Å². The topological polar surface area (TPSA) is 122 Å². The van der Waals surface area contributed by atoms with Gasteiger partial charge in [-0.25, -0.2) is 10.1 Å². The lowest BCUT2D eigenvalue weighted by molar-refractivity contribution is -0.468. The first-order chi connectivity index (χ1) is 14.0. The van der Waals surface area contributed by atoms with Gasteiger partial charge in [0, 0.05) is 43.1 Å². The number of aryl methyl sites for hydroxylation is 2. The van der Waals surface area contributed by atoms with E-state index in [-0.39, 0.29) is 17.8 Å². The fourth-order valence-corrected chi connectivity index (χ4v) is 2.85. The van der Waals surface area contributed by atoms with Gasteiger partial charge < -0.3 is 4.74 Å². The van der Waals surface area contributed by atoms with Crippen molar-refractivity contribution in [1.82, 2.24) is 25.1 Å². The number of urea groups is 1. The van der Waals surface area contributed by atoms with Crippen molar-refractivity contribution in [3.8, 4) is 22.8 Å². The Morgan fingerprint density at radius 2 is 2.17 bits per heavy atom. The molecule has 4 rings (SSSR count). The van der Waals surface area contributed by atoms with Crippen LogP contribution in [-0.4, -0.2) is 31.6 Å². The van der Waals surface area contributed by atoms with Crippen LogP contribution in [-0.2, 0) is 7.05 Å². The quantitative estimate of drug-likeness (QED) is 0.454. The van der Waals surface area contributed by atoms with Crippen LogP contribution in [0.25, 0.3) is 11.3 Å². The third kappa shape index (κ3) is 4.64. The monoisotopic (exact) mass is 392 g/mol. The molecule has 0 unspecified atom stereocenters. The fourth-order valence-electron chi connectivity index (χ4n) is 2.85. The molecule has 1 aliphatic rings.